The van der Waals surface area contributed by atoms with Crippen LogP contribution in [0.1, 0.15) is 18.4 Å². The molecule has 0 aromatic heterocycles. The summed E-state index contributed by atoms with van der Waals surface area (Å²) in [7, 11) is 0. The van der Waals surface area contributed by atoms with Gasteiger partial charge in [0.05, 0.1) is 11.6 Å². The number of nitrogens with zero attached hydrogens (tertiary/aromatic N) is 1. The molecule has 88 valence electrons. The van der Waals surface area contributed by atoms with Crippen LogP contribution in [0.4, 0.5) is 5.69 Å². The number of benzene rings is 1. The Morgan fingerprint density at radius 3 is 3.00 bits per heavy atom. The number of nitriles is 1. The predicted octanol–water partition coefficient (Wildman–Crippen LogP) is 2.01. The molecule has 1 aliphatic rings. The SMILES string of the molecule is N#Cc1ccc(NCC2CCC(=O)N2)c(Br)c1. The van der Waals surface area contributed by atoms with Crippen molar-refractivity contribution in [3.8, 4) is 6.07 Å². The summed E-state index contributed by atoms with van der Waals surface area (Å²) in [5.74, 6) is 0.121. The first-order valence-electron chi connectivity index (χ1n) is 5.42. The first-order chi connectivity index (χ1) is 8.19. The average Bonchev–Trinajstić information content (AvgIpc) is 2.73. The second-order valence-electron chi connectivity index (χ2n) is 3.99. The standard InChI is InChI=1S/C12H12BrN3O/c13-10-5-8(6-14)1-3-11(10)15-7-9-2-4-12(17)16-9/h1,3,5,9,15H,2,4,7H2,(H,16,17). The molecule has 1 amide bonds. The third kappa shape index (κ3) is 2.98. The number of nitrogens with one attached hydrogen (secondary N) is 2. The molecule has 1 saturated heterocycles. The monoisotopic (exact) mass is 293 g/mol. The predicted molar refractivity (Wildman–Crippen MR) is 68.5 cm³/mol. The summed E-state index contributed by atoms with van der Waals surface area (Å²) >= 11 is 3.41. The highest BCUT2D eigenvalue weighted by Gasteiger charge is 2.20. The van der Waals surface area contributed by atoms with Gasteiger partial charge in [-0.25, -0.2) is 0 Å². The van der Waals surface area contributed by atoms with Crippen LogP contribution in [0.25, 0.3) is 0 Å². The van der Waals surface area contributed by atoms with E-state index in [2.05, 4.69) is 32.6 Å². The number of carbonyl (C=O) groups is 1. The lowest BCUT2D eigenvalue weighted by atomic mass is 10.2. The van der Waals surface area contributed by atoms with Crippen LogP contribution in [-0.4, -0.2) is 18.5 Å². The molecule has 0 radical (unpaired) electrons. The van der Waals surface area contributed by atoms with Crippen LogP contribution in [0, 0.1) is 11.3 Å². The molecule has 0 bridgehead atoms. The molecule has 1 aromatic carbocycles. The van der Waals surface area contributed by atoms with E-state index in [-0.39, 0.29) is 11.9 Å². The molecule has 17 heavy (non-hydrogen) atoms. The molecule has 2 rings (SSSR count). The van der Waals surface area contributed by atoms with Crippen LogP contribution in [-0.2, 0) is 4.79 Å². The minimum atomic E-state index is 0.121. The molecule has 1 atom stereocenters. The van der Waals surface area contributed by atoms with E-state index in [4.69, 9.17) is 5.26 Å². The van der Waals surface area contributed by atoms with E-state index >= 15 is 0 Å². The first-order valence-corrected chi connectivity index (χ1v) is 6.21. The maximum atomic E-state index is 11.0. The molecule has 1 heterocycles. The van der Waals surface area contributed by atoms with Crippen molar-refractivity contribution in [1.29, 1.82) is 5.26 Å². The maximum absolute atomic E-state index is 11.0. The minimum absolute atomic E-state index is 0.121. The lowest BCUT2D eigenvalue weighted by Gasteiger charge is -2.13. The van der Waals surface area contributed by atoms with Gasteiger partial charge in [-0.3, -0.25) is 4.79 Å². The minimum Gasteiger partial charge on any atom is -0.382 e. The molecule has 1 aromatic rings. The van der Waals surface area contributed by atoms with E-state index < -0.39 is 0 Å². The van der Waals surface area contributed by atoms with Crippen LogP contribution in [0.2, 0.25) is 0 Å². The van der Waals surface area contributed by atoms with Gasteiger partial charge in [0.15, 0.2) is 0 Å². The lowest BCUT2D eigenvalue weighted by molar-refractivity contribution is -0.119. The molecule has 0 saturated carbocycles. The second-order valence-corrected chi connectivity index (χ2v) is 4.84. The summed E-state index contributed by atoms with van der Waals surface area (Å²) in [6.07, 6.45) is 1.49. The number of halogens is 1. The highest BCUT2D eigenvalue weighted by atomic mass is 79.9. The summed E-state index contributed by atoms with van der Waals surface area (Å²) < 4.78 is 0.862. The smallest absolute Gasteiger partial charge is 0.220 e. The van der Waals surface area contributed by atoms with E-state index in [0.29, 0.717) is 18.5 Å². The normalized spacial score (nSPS) is 18.6. The van der Waals surface area contributed by atoms with Crippen molar-refractivity contribution < 1.29 is 4.79 Å². The molecule has 1 unspecified atom stereocenters. The molecule has 5 heteroatoms. The molecule has 1 fully saturated rings. The van der Waals surface area contributed by atoms with Crippen molar-refractivity contribution in [2.75, 3.05) is 11.9 Å². The molecule has 1 aliphatic heterocycles. The Kier molecular flexibility index (Phi) is 3.64. The number of hydrogen-bond donors (Lipinski definition) is 2. The number of rotatable bonds is 3. The Bertz CT molecular complexity index is 481. The molecule has 0 aliphatic carbocycles. The van der Waals surface area contributed by atoms with E-state index in [9.17, 15) is 4.79 Å². The number of hydrogen-bond acceptors (Lipinski definition) is 3. The number of amides is 1. The Balaban J connectivity index is 1.95. The van der Waals surface area contributed by atoms with Gasteiger partial charge < -0.3 is 10.6 Å². The van der Waals surface area contributed by atoms with Gasteiger partial charge in [0.1, 0.15) is 0 Å². The topological polar surface area (TPSA) is 64.9 Å². The van der Waals surface area contributed by atoms with Crippen molar-refractivity contribution in [3.05, 3.63) is 28.2 Å². The van der Waals surface area contributed by atoms with Crippen molar-refractivity contribution in [1.82, 2.24) is 5.32 Å². The maximum Gasteiger partial charge on any atom is 0.220 e. The zero-order valence-corrected chi connectivity index (χ0v) is 10.8. The summed E-state index contributed by atoms with van der Waals surface area (Å²) in [5, 5.41) is 14.9. The molecular formula is C12H12BrN3O. The van der Waals surface area contributed by atoms with Gasteiger partial charge in [0.25, 0.3) is 0 Å². The van der Waals surface area contributed by atoms with Crippen LogP contribution < -0.4 is 10.6 Å². The van der Waals surface area contributed by atoms with Crippen molar-refractivity contribution in [2.45, 2.75) is 18.9 Å². The largest absolute Gasteiger partial charge is 0.382 e. The van der Waals surface area contributed by atoms with Gasteiger partial charge in [-0.2, -0.15) is 5.26 Å². The van der Waals surface area contributed by atoms with Crippen molar-refractivity contribution in [3.63, 3.8) is 0 Å². The fourth-order valence-electron chi connectivity index (χ4n) is 1.79. The first kappa shape index (κ1) is 11.9. The van der Waals surface area contributed by atoms with Gasteiger partial charge in [-0.1, -0.05) is 0 Å². The van der Waals surface area contributed by atoms with E-state index in [1.165, 1.54) is 0 Å². The molecular weight excluding hydrogens is 282 g/mol. The fourth-order valence-corrected chi connectivity index (χ4v) is 2.31. The van der Waals surface area contributed by atoms with Crippen LogP contribution in [0.5, 0.6) is 0 Å². The third-order valence-electron chi connectivity index (χ3n) is 2.72. The fraction of sp³-hybridized carbons (Fsp3) is 0.333. The average molecular weight is 294 g/mol. The summed E-state index contributed by atoms with van der Waals surface area (Å²) in [6, 6.07) is 7.68. The van der Waals surface area contributed by atoms with Gasteiger partial charge >= 0.3 is 0 Å². The molecule has 2 N–H and O–H groups in total. The highest BCUT2D eigenvalue weighted by Crippen LogP contribution is 2.23. The Morgan fingerprint density at radius 2 is 2.41 bits per heavy atom. The number of carbonyl (C=O) groups excluding carboxylic acids is 1. The van der Waals surface area contributed by atoms with Crippen molar-refractivity contribution in [2.24, 2.45) is 0 Å². The Hall–Kier alpha value is -1.54. The van der Waals surface area contributed by atoms with Gasteiger partial charge in [-0.15, -0.1) is 0 Å². The third-order valence-corrected chi connectivity index (χ3v) is 3.38. The van der Waals surface area contributed by atoms with Gasteiger partial charge in [-0.05, 0) is 40.5 Å². The van der Waals surface area contributed by atoms with Crippen LogP contribution in [0.15, 0.2) is 22.7 Å². The zero-order chi connectivity index (χ0) is 12.3. The molecule has 4 nitrogen and oxygen atoms in total. The van der Waals surface area contributed by atoms with Gasteiger partial charge in [0, 0.05) is 29.2 Å². The Morgan fingerprint density at radius 1 is 1.59 bits per heavy atom. The highest BCUT2D eigenvalue weighted by molar-refractivity contribution is 9.10. The lowest BCUT2D eigenvalue weighted by Crippen LogP contribution is -2.31. The zero-order valence-electron chi connectivity index (χ0n) is 9.16. The summed E-state index contributed by atoms with van der Waals surface area (Å²) in [6.45, 7) is 0.705. The quantitative estimate of drug-likeness (QED) is 0.896. The van der Waals surface area contributed by atoms with Crippen molar-refractivity contribution >= 4 is 27.5 Å². The van der Waals surface area contributed by atoms with E-state index in [1.807, 2.05) is 6.07 Å². The summed E-state index contributed by atoms with van der Waals surface area (Å²) in [5.41, 5.74) is 1.56. The van der Waals surface area contributed by atoms with E-state index in [0.717, 1.165) is 16.6 Å². The molecule has 0 spiro atoms. The Labute approximate surface area is 108 Å². The number of anilines is 1. The van der Waals surface area contributed by atoms with E-state index in [1.54, 1.807) is 12.1 Å². The van der Waals surface area contributed by atoms with Crippen LogP contribution >= 0.6 is 15.9 Å². The van der Waals surface area contributed by atoms with Crippen LogP contribution in [0.3, 0.4) is 0 Å². The summed E-state index contributed by atoms with van der Waals surface area (Å²) in [4.78, 5) is 11.0. The second kappa shape index (κ2) is 5.19. The van der Waals surface area contributed by atoms with Gasteiger partial charge in [0.2, 0.25) is 5.91 Å².